The fraction of sp³-hybridized carbons (Fsp3) is 0.259. The number of thiophene rings is 1. The van der Waals surface area contributed by atoms with Gasteiger partial charge in [-0.2, -0.15) is 0 Å². The summed E-state index contributed by atoms with van der Waals surface area (Å²) < 4.78 is 0. The van der Waals surface area contributed by atoms with Crippen LogP contribution in [0.5, 0.6) is 0 Å². The molecule has 0 radical (unpaired) electrons. The second kappa shape index (κ2) is 8.75. The molecule has 142 valence electrons. The number of rotatable bonds is 7. The molecular weight excluding hydrogens is 356 g/mol. The molecule has 0 atom stereocenters. The third kappa shape index (κ3) is 3.91. The molecule has 0 spiro atoms. The van der Waals surface area contributed by atoms with Crippen LogP contribution < -0.4 is 0 Å². The molecule has 1 aromatic heterocycles. The number of aryl methyl sites for hydroxylation is 2. The molecule has 0 N–H and O–H groups in total. The first-order chi connectivity index (χ1) is 13.8. The Morgan fingerprint density at radius 3 is 2.07 bits per heavy atom. The van der Waals surface area contributed by atoms with E-state index in [-0.39, 0.29) is 0 Å². The summed E-state index contributed by atoms with van der Waals surface area (Å²) in [7, 11) is 0. The first-order valence-corrected chi connectivity index (χ1v) is 11.3. The fourth-order valence-corrected chi connectivity index (χ4v) is 5.00. The minimum absolute atomic E-state index is 1.15. The van der Waals surface area contributed by atoms with Gasteiger partial charge in [-0.05, 0) is 64.4 Å². The highest BCUT2D eigenvalue weighted by Gasteiger charge is 2.11. The average Bonchev–Trinajstić information content (AvgIpc) is 3.21. The molecule has 0 aliphatic carbocycles. The second-order valence-electron chi connectivity index (χ2n) is 7.52. The molecule has 3 aromatic carbocycles. The SMILES string of the molecule is CCCCc1ccc(-c2ccc(-c3ccc(CCC)cc3)c3ccccc23)s1. The summed E-state index contributed by atoms with van der Waals surface area (Å²) in [5.74, 6) is 0. The Bertz CT molecular complexity index is 1050. The van der Waals surface area contributed by atoms with E-state index >= 15 is 0 Å². The summed E-state index contributed by atoms with van der Waals surface area (Å²) in [5, 5.41) is 2.69. The van der Waals surface area contributed by atoms with E-state index in [0.717, 1.165) is 6.42 Å². The molecule has 4 rings (SSSR count). The van der Waals surface area contributed by atoms with E-state index in [9.17, 15) is 0 Å². The van der Waals surface area contributed by atoms with Gasteiger partial charge >= 0.3 is 0 Å². The molecule has 0 fully saturated rings. The third-order valence-electron chi connectivity index (χ3n) is 5.43. The molecule has 0 saturated heterocycles. The summed E-state index contributed by atoms with van der Waals surface area (Å²) in [5.41, 5.74) is 5.41. The second-order valence-corrected chi connectivity index (χ2v) is 8.69. The van der Waals surface area contributed by atoms with E-state index in [1.54, 1.807) is 0 Å². The highest BCUT2D eigenvalue weighted by atomic mass is 32.1. The standard InChI is InChI=1S/C27H28S/c1-3-5-9-22-16-19-27(28-22)26-18-17-23(24-10-6-7-11-25(24)26)21-14-12-20(8-4-2)13-15-21/h6-7,10-19H,3-5,8-9H2,1-2H3. The van der Waals surface area contributed by atoms with Crippen LogP contribution in [0.1, 0.15) is 43.6 Å². The van der Waals surface area contributed by atoms with Gasteiger partial charge in [-0.25, -0.2) is 0 Å². The van der Waals surface area contributed by atoms with Gasteiger partial charge in [0.15, 0.2) is 0 Å². The molecule has 0 unspecified atom stereocenters. The van der Waals surface area contributed by atoms with Crippen molar-refractivity contribution in [2.75, 3.05) is 0 Å². The van der Waals surface area contributed by atoms with E-state index in [1.165, 1.54) is 68.5 Å². The van der Waals surface area contributed by atoms with Gasteiger partial charge in [0.25, 0.3) is 0 Å². The van der Waals surface area contributed by atoms with Gasteiger partial charge in [-0.15, -0.1) is 11.3 Å². The van der Waals surface area contributed by atoms with Gasteiger partial charge in [0, 0.05) is 9.75 Å². The van der Waals surface area contributed by atoms with Gasteiger partial charge in [0.1, 0.15) is 0 Å². The lowest BCUT2D eigenvalue weighted by molar-refractivity contribution is 0.804. The maximum atomic E-state index is 2.31. The lowest BCUT2D eigenvalue weighted by Gasteiger charge is -2.11. The molecule has 28 heavy (non-hydrogen) atoms. The van der Waals surface area contributed by atoms with E-state index in [4.69, 9.17) is 0 Å². The molecule has 4 aromatic rings. The molecule has 0 aliphatic heterocycles. The van der Waals surface area contributed by atoms with Crippen LogP contribution in [0.3, 0.4) is 0 Å². The Balaban J connectivity index is 1.75. The lowest BCUT2D eigenvalue weighted by atomic mass is 9.94. The zero-order chi connectivity index (χ0) is 19.3. The summed E-state index contributed by atoms with van der Waals surface area (Å²) in [6.07, 6.45) is 6.06. The van der Waals surface area contributed by atoms with Crippen LogP contribution in [-0.4, -0.2) is 0 Å². The monoisotopic (exact) mass is 384 g/mol. The van der Waals surface area contributed by atoms with Crippen LogP contribution in [0.4, 0.5) is 0 Å². The average molecular weight is 385 g/mol. The van der Waals surface area contributed by atoms with Crippen LogP contribution in [0.2, 0.25) is 0 Å². The van der Waals surface area contributed by atoms with Crippen molar-refractivity contribution in [3.8, 4) is 21.6 Å². The maximum absolute atomic E-state index is 2.31. The summed E-state index contributed by atoms with van der Waals surface area (Å²) in [6.45, 7) is 4.49. The Morgan fingerprint density at radius 1 is 0.643 bits per heavy atom. The Hall–Kier alpha value is -2.38. The molecule has 0 aliphatic rings. The summed E-state index contributed by atoms with van der Waals surface area (Å²) in [4.78, 5) is 2.88. The maximum Gasteiger partial charge on any atom is 0.0351 e. The topological polar surface area (TPSA) is 0 Å². The van der Waals surface area contributed by atoms with Gasteiger partial charge in [-0.3, -0.25) is 0 Å². The van der Waals surface area contributed by atoms with Crippen LogP contribution in [-0.2, 0) is 12.8 Å². The Labute approximate surface area is 172 Å². The number of hydrogen-bond donors (Lipinski definition) is 0. The Kier molecular flexibility index (Phi) is 5.92. The zero-order valence-corrected chi connectivity index (χ0v) is 17.7. The predicted octanol–water partition coefficient (Wildman–Crippen LogP) is 8.53. The molecule has 0 bridgehead atoms. The lowest BCUT2D eigenvalue weighted by Crippen LogP contribution is -1.86. The van der Waals surface area contributed by atoms with Gasteiger partial charge in [0.2, 0.25) is 0 Å². The predicted molar refractivity (Wildman–Crippen MR) is 125 cm³/mol. The molecule has 1 heterocycles. The third-order valence-corrected chi connectivity index (χ3v) is 6.61. The molecule has 0 amide bonds. The van der Waals surface area contributed by atoms with Crippen molar-refractivity contribution in [2.24, 2.45) is 0 Å². The first kappa shape index (κ1) is 19.0. The zero-order valence-electron chi connectivity index (χ0n) is 16.9. The van der Waals surface area contributed by atoms with Crippen molar-refractivity contribution < 1.29 is 0 Å². The van der Waals surface area contributed by atoms with E-state index in [1.807, 2.05) is 11.3 Å². The number of unbranched alkanes of at least 4 members (excludes halogenated alkanes) is 1. The van der Waals surface area contributed by atoms with Gasteiger partial charge < -0.3 is 0 Å². The molecule has 0 nitrogen and oxygen atoms in total. The summed E-state index contributed by atoms with van der Waals surface area (Å²) >= 11 is 1.95. The first-order valence-electron chi connectivity index (χ1n) is 10.5. The summed E-state index contributed by atoms with van der Waals surface area (Å²) in [6, 6.07) is 27.2. The van der Waals surface area contributed by atoms with E-state index in [0.29, 0.717) is 0 Å². The van der Waals surface area contributed by atoms with E-state index < -0.39 is 0 Å². The number of fused-ring (bicyclic) bond motifs is 1. The largest absolute Gasteiger partial charge is 0.140 e. The Morgan fingerprint density at radius 2 is 1.36 bits per heavy atom. The van der Waals surface area contributed by atoms with Crippen molar-refractivity contribution in [3.05, 3.63) is 83.2 Å². The highest BCUT2D eigenvalue weighted by Crippen LogP contribution is 2.38. The van der Waals surface area contributed by atoms with Crippen molar-refractivity contribution in [1.82, 2.24) is 0 Å². The van der Waals surface area contributed by atoms with Crippen LogP contribution in [0, 0.1) is 0 Å². The van der Waals surface area contributed by atoms with Gasteiger partial charge in [0.05, 0.1) is 0 Å². The van der Waals surface area contributed by atoms with E-state index in [2.05, 4.69) is 86.6 Å². The van der Waals surface area contributed by atoms with Crippen LogP contribution in [0.25, 0.3) is 32.3 Å². The van der Waals surface area contributed by atoms with Crippen LogP contribution in [0.15, 0.2) is 72.8 Å². The molecular formula is C27H28S. The fourth-order valence-electron chi connectivity index (χ4n) is 3.91. The molecule has 1 heteroatoms. The smallest absolute Gasteiger partial charge is 0.0351 e. The van der Waals surface area contributed by atoms with Gasteiger partial charge in [-0.1, -0.05) is 87.4 Å². The van der Waals surface area contributed by atoms with Crippen molar-refractivity contribution in [3.63, 3.8) is 0 Å². The van der Waals surface area contributed by atoms with Crippen LogP contribution >= 0.6 is 11.3 Å². The van der Waals surface area contributed by atoms with Crippen molar-refractivity contribution in [2.45, 2.75) is 46.0 Å². The number of benzene rings is 3. The van der Waals surface area contributed by atoms with Crippen molar-refractivity contribution >= 4 is 22.1 Å². The quantitative estimate of drug-likeness (QED) is 0.299. The van der Waals surface area contributed by atoms with Crippen molar-refractivity contribution in [1.29, 1.82) is 0 Å². The highest BCUT2D eigenvalue weighted by molar-refractivity contribution is 7.15. The minimum atomic E-state index is 1.15. The minimum Gasteiger partial charge on any atom is -0.140 e. The number of hydrogen-bond acceptors (Lipinski definition) is 1. The molecule has 0 saturated carbocycles. The normalized spacial score (nSPS) is 11.2.